The average molecular weight is 399 g/mol. The van der Waals surface area contributed by atoms with Crippen LogP contribution < -0.4 is 5.32 Å². The van der Waals surface area contributed by atoms with Crippen LogP contribution in [0.4, 0.5) is 5.13 Å². The highest BCUT2D eigenvalue weighted by Gasteiger charge is 2.16. The molecule has 7 nitrogen and oxygen atoms in total. The minimum absolute atomic E-state index is 0.141. The van der Waals surface area contributed by atoms with Crippen LogP contribution in [0.5, 0.6) is 0 Å². The van der Waals surface area contributed by atoms with E-state index in [1.807, 2.05) is 18.2 Å². The van der Waals surface area contributed by atoms with Crippen molar-refractivity contribution in [2.45, 2.75) is 32.9 Å². The number of aromatic nitrogens is 5. The number of carbonyl (C=O) groups is 1. The van der Waals surface area contributed by atoms with Gasteiger partial charge in [0.1, 0.15) is 5.01 Å². The Labute approximate surface area is 164 Å². The number of fused-ring (bicyclic) bond motifs is 3. The molecule has 138 valence electrons. The molecule has 0 saturated heterocycles. The van der Waals surface area contributed by atoms with E-state index in [1.54, 1.807) is 0 Å². The monoisotopic (exact) mass is 398 g/mol. The summed E-state index contributed by atoms with van der Waals surface area (Å²) < 4.78 is 2.05. The van der Waals surface area contributed by atoms with Crippen LogP contribution in [-0.4, -0.2) is 36.5 Å². The number of nitrogens with zero attached hydrogens (tertiary/aromatic N) is 5. The number of thioether (sulfide) groups is 1. The average Bonchev–Trinajstić information content (AvgIpc) is 3.19. The van der Waals surface area contributed by atoms with Gasteiger partial charge in [0, 0.05) is 0 Å². The van der Waals surface area contributed by atoms with E-state index in [-0.39, 0.29) is 11.7 Å². The largest absolute Gasteiger partial charge is 0.300 e. The molecule has 0 radical (unpaired) electrons. The first-order valence-corrected chi connectivity index (χ1v) is 10.2. The number of anilines is 1. The standard InChI is InChI=1S/C18H18N6OS2/c1-9-5-10(2)15-13(6-9)7-11(3)16-21-23-18(24(15)16)26-8-14(25)19-17-22-20-12(4)27-17/h5-7H,8H2,1-4H3,(H,19,22,25). The van der Waals surface area contributed by atoms with Gasteiger partial charge in [-0.3, -0.25) is 14.5 Å². The second-order valence-corrected chi connectivity index (χ2v) is 8.58. The normalized spacial score (nSPS) is 11.4. The van der Waals surface area contributed by atoms with E-state index in [2.05, 4.69) is 57.8 Å². The number of nitrogens with one attached hydrogen (secondary N) is 1. The SMILES string of the molecule is Cc1cc(C)c2c(c1)cc(C)c1nnc(SCC(=O)Nc3nnc(C)s3)n12. The van der Waals surface area contributed by atoms with Crippen molar-refractivity contribution in [3.8, 4) is 0 Å². The van der Waals surface area contributed by atoms with Crippen LogP contribution in [0.3, 0.4) is 0 Å². The van der Waals surface area contributed by atoms with Gasteiger partial charge in [-0.25, -0.2) is 0 Å². The Balaban J connectivity index is 1.67. The molecule has 0 fully saturated rings. The molecule has 1 N–H and O–H groups in total. The molecule has 0 aliphatic carbocycles. The van der Waals surface area contributed by atoms with Crippen LogP contribution in [0.1, 0.15) is 21.7 Å². The molecule has 0 unspecified atom stereocenters. The van der Waals surface area contributed by atoms with Crippen LogP contribution in [-0.2, 0) is 4.79 Å². The van der Waals surface area contributed by atoms with Crippen molar-refractivity contribution in [2.75, 3.05) is 11.1 Å². The number of hydrogen-bond acceptors (Lipinski definition) is 7. The molecule has 1 aromatic carbocycles. The Bertz CT molecular complexity index is 1180. The van der Waals surface area contributed by atoms with E-state index < -0.39 is 0 Å². The highest BCUT2D eigenvalue weighted by atomic mass is 32.2. The summed E-state index contributed by atoms with van der Waals surface area (Å²) in [6.45, 7) is 8.05. The Morgan fingerprint density at radius 1 is 1.07 bits per heavy atom. The lowest BCUT2D eigenvalue weighted by molar-refractivity contribution is -0.113. The predicted molar refractivity (Wildman–Crippen MR) is 109 cm³/mol. The highest BCUT2D eigenvalue weighted by molar-refractivity contribution is 7.99. The Morgan fingerprint density at radius 3 is 2.63 bits per heavy atom. The maximum absolute atomic E-state index is 12.2. The summed E-state index contributed by atoms with van der Waals surface area (Å²) >= 11 is 2.71. The number of carbonyl (C=O) groups excluding carboxylic acids is 1. The minimum atomic E-state index is -0.141. The number of hydrogen-bond donors (Lipinski definition) is 1. The molecule has 3 heterocycles. The Morgan fingerprint density at radius 2 is 1.89 bits per heavy atom. The van der Waals surface area contributed by atoms with Gasteiger partial charge < -0.3 is 0 Å². The molecule has 4 rings (SSSR count). The fourth-order valence-corrected chi connectivity index (χ4v) is 4.50. The maximum Gasteiger partial charge on any atom is 0.236 e. The molecule has 4 aromatic rings. The van der Waals surface area contributed by atoms with Gasteiger partial charge in [-0.05, 0) is 56.3 Å². The molecule has 0 aliphatic rings. The van der Waals surface area contributed by atoms with Crippen LogP contribution in [0.25, 0.3) is 16.6 Å². The first-order chi connectivity index (χ1) is 12.9. The smallest absolute Gasteiger partial charge is 0.236 e. The van der Waals surface area contributed by atoms with Crippen molar-refractivity contribution >= 4 is 50.7 Å². The lowest BCUT2D eigenvalue weighted by atomic mass is 10.1. The van der Waals surface area contributed by atoms with Gasteiger partial charge in [0.25, 0.3) is 0 Å². The summed E-state index contributed by atoms with van der Waals surface area (Å²) in [5, 5.41) is 22.4. The topological polar surface area (TPSA) is 85.1 Å². The number of pyridine rings is 1. The minimum Gasteiger partial charge on any atom is -0.300 e. The van der Waals surface area contributed by atoms with E-state index in [0.717, 1.165) is 32.7 Å². The van der Waals surface area contributed by atoms with Crippen molar-refractivity contribution in [2.24, 2.45) is 0 Å². The first-order valence-electron chi connectivity index (χ1n) is 8.41. The van der Waals surface area contributed by atoms with Crippen molar-refractivity contribution in [1.82, 2.24) is 24.8 Å². The van der Waals surface area contributed by atoms with Gasteiger partial charge in [-0.15, -0.1) is 20.4 Å². The van der Waals surface area contributed by atoms with E-state index >= 15 is 0 Å². The summed E-state index contributed by atoms with van der Waals surface area (Å²) in [5.74, 6) is 0.0807. The molecule has 27 heavy (non-hydrogen) atoms. The lowest BCUT2D eigenvalue weighted by Gasteiger charge is -2.10. The summed E-state index contributed by atoms with van der Waals surface area (Å²) in [4.78, 5) is 12.2. The molecule has 0 aliphatic heterocycles. The van der Waals surface area contributed by atoms with E-state index in [9.17, 15) is 4.79 Å². The van der Waals surface area contributed by atoms with Crippen molar-refractivity contribution in [3.63, 3.8) is 0 Å². The Kier molecular flexibility index (Phi) is 4.56. The van der Waals surface area contributed by atoms with Crippen molar-refractivity contribution in [1.29, 1.82) is 0 Å². The molecule has 9 heteroatoms. The summed E-state index contributed by atoms with van der Waals surface area (Å²) in [6, 6.07) is 6.45. The molecule has 1 amide bonds. The molecular weight excluding hydrogens is 380 g/mol. The van der Waals surface area contributed by atoms with Crippen molar-refractivity contribution < 1.29 is 4.79 Å². The van der Waals surface area contributed by atoms with Crippen LogP contribution in [0.15, 0.2) is 23.4 Å². The van der Waals surface area contributed by atoms with Gasteiger partial charge in [0.05, 0.1) is 11.3 Å². The number of aryl methyl sites for hydroxylation is 4. The van der Waals surface area contributed by atoms with E-state index in [1.165, 1.54) is 28.7 Å². The fraction of sp³-hybridized carbons (Fsp3) is 0.278. The highest BCUT2D eigenvalue weighted by Crippen LogP contribution is 2.28. The third kappa shape index (κ3) is 3.40. The zero-order chi connectivity index (χ0) is 19.1. The van der Waals surface area contributed by atoms with Gasteiger partial charge in [0.15, 0.2) is 10.8 Å². The summed E-state index contributed by atoms with van der Waals surface area (Å²) in [7, 11) is 0. The number of rotatable bonds is 4. The second kappa shape index (κ2) is 6.90. The summed E-state index contributed by atoms with van der Waals surface area (Å²) in [5.41, 5.74) is 5.32. The quantitative estimate of drug-likeness (QED) is 0.528. The molecule has 0 saturated carbocycles. The van der Waals surface area contributed by atoms with Crippen LogP contribution in [0, 0.1) is 27.7 Å². The molecule has 3 aromatic heterocycles. The molecule has 0 atom stereocenters. The number of amides is 1. The second-order valence-electron chi connectivity index (χ2n) is 6.45. The van der Waals surface area contributed by atoms with E-state index in [0.29, 0.717) is 10.3 Å². The van der Waals surface area contributed by atoms with Crippen LogP contribution >= 0.6 is 23.1 Å². The van der Waals surface area contributed by atoms with Gasteiger partial charge in [-0.2, -0.15) is 0 Å². The van der Waals surface area contributed by atoms with Gasteiger partial charge in [-0.1, -0.05) is 34.7 Å². The van der Waals surface area contributed by atoms with Crippen molar-refractivity contribution in [3.05, 3.63) is 39.9 Å². The van der Waals surface area contributed by atoms with Gasteiger partial charge >= 0.3 is 0 Å². The zero-order valence-corrected chi connectivity index (χ0v) is 17.0. The summed E-state index contributed by atoms with van der Waals surface area (Å²) in [6.07, 6.45) is 0. The zero-order valence-electron chi connectivity index (χ0n) is 15.4. The fourth-order valence-electron chi connectivity index (χ4n) is 3.16. The predicted octanol–water partition coefficient (Wildman–Crippen LogP) is 3.70. The molecular formula is C18H18N6OS2. The lowest BCUT2D eigenvalue weighted by Crippen LogP contribution is -2.14. The third-order valence-corrected chi connectivity index (χ3v) is 5.84. The Hall–Kier alpha value is -2.52. The third-order valence-electron chi connectivity index (χ3n) is 4.16. The maximum atomic E-state index is 12.2. The first kappa shape index (κ1) is 17.9. The molecule has 0 bridgehead atoms. The van der Waals surface area contributed by atoms with E-state index in [4.69, 9.17) is 0 Å². The molecule has 0 spiro atoms. The van der Waals surface area contributed by atoms with Gasteiger partial charge in [0.2, 0.25) is 11.0 Å². The van der Waals surface area contributed by atoms with Crippen LogP contribution in [0.2, 0.25) is 0 Å². The number of benzene rings is 1.